The van der Waals surface area contributed by atoms with Gasteiger partial charge < -0.3 is 10.3 Å². The van der Waals surface area contributed by atoms with Crippen LogP contribution in [0.4, 0.5) is 10.2 Å². The molecule has 5 rings (SSSR count). The molecule has 0 radical (unpaired) electrons. The number of aromatic amines is 2. The first-order chi connectivity index (χ1) is 15.5. The fraction of sp³-hybridized carbons (Fsp3) is 0.150. The van der Waals surface area contributed by atoms with Gasteiger partial charge in [-0.2, -0.15) is 5.10 Å². The predicted octanol–water partition coefficient (Wildman–Crippen LogP) is 4.39. The molecule has 12 heteroatoms. The Morgan fingerprint density at radius 1 is 1.19 bits per heavy atom. The smallest absolute Gasteiger partial charge is 0.268 e. The Morgan fingerprint density at radius 3 is 2.75 bits per heavy atom. The second-order valence-electron chi connectivity index (χ2n) is 6.99. The molecule has 0 saturated carbocycles. The monoisotopic (exact) mass is 472 g/mol. The van der Waals surface area contributed by atoms with E-state index in [0.717, 1.165) is 0 Å². The number of aromatic nitrogens is 7. The SMILES string of the molecule is CCC(Nc1ncnc2[nH]cc(F)c12)c1nc2c(Cl)ccc(Cl)c2c(=O)n1-c1ccn[nH]1. The van der Waals surface area contributed by atoms with Gasteiger partial charge in [-0.3, -0.25) is 9.89 Å². The molecule has 0 saturated heterocycles. The Balaban J connectivity index is 1.76. The quantitative estimate of drug-likeness (QED) is 0.349. The lowest BCUT2D eigenvalue weighted by atomic mass is 10.1. The van der Waals surface area contributed by atoms with Crippen LogP contribution in [0, 0.1) is 5.82 Å². The van der Waals surface area contributed by atoms with Crippen LogP contribution >= 0.6 is 23.2 Å². The molecule has 0 fully saturated rings. The fourth-order valence-corrected chi connectivity index (χ4v) is 4.06. The largest absolute Gasteiger partial charge is 0.359 e. The van der Waals surface area contributed by atoms with Gasteiger partial charge in [-0.05, 0) is 18.6 Å². The van der Waals surface area contributed by atoms with Gasteiger partial charge in [0, 0.05) is 12.3 Å². The zero-order chi connectivity index (χ0) is 22.4. The average Bonchev–Trinajstić information content (AvgIpc) is 3.45. The maximum absolute atomic E-state index is 14.4. The van der Waals surface area contributed by atoms with E-state index in [-0.39, 0.29) is 32.2 Å². The minimum absolute atomic E-state index is 0.188. The number of fused-ring (bicyclic) bond motifs is 2. The minimum atomic E-state index is -0.544. The first-order valence-electron chi connectivity index (χ1n) is 9.64. The van der Waals surface area contributed by atoms with Crippen LogP contribution in [-0.2, 0) is 0 Å². The van der Waals surface area contributed by atoms with E-state index in [1.807, 2.05) is 6.92 Å². The molecule has 0 bridgehead atoms. The summed E-state index contributed by atoms with van der Waals surface area (Å²) >= 11 is 12.7. The molecule has 0 aliphatic heterocycles. The fourth-order valence-electron chi connectivity index (χ4n) is 3.62. The average molecular weight is 473 g/mol. The Labute approximate surface area is 189 Å². The van der Waals surface area contributed by atoms with Crippen molar-refractivity contribution in [1.82, 2.24) is 34.7 Å². The van der Waals surface area contributed by atoms with Gasteiger partial charge in [0.25, 0.3) is 5.56 Å². The van der Waals surface area contributed by atoms with E-state index in [0.29, 0.717) is 23.7 Å². The lowest BCUT2D eigenvalue weighted by Gasteiger charge is -2.22. The molecule has 4 aromatic heterocycles. The minimum Gasteiger partial charge on any atom is -0.359 e. The molecule has 0 aliphatic rings. The highest BCUT2D eigenvalue weighted by atomic mass is 35.5. The van der Waals surface area contributed by atoms with Crippen molar-refractivity contribution in [2.45, 2.75) is 19.4 Å². The molecule has 3 N–H and O–H groups in total. The van der Waals surface area contributed by atoms with Crippen LogP contribution in [0.3, 0.4) is 0 Å². The van der Waals surface area contributed by atoms with Gasteiger partial charge >= 0.3 is 0 Å². The summed E-state index contributed by atoms with van der Waals surface area (Å²) in [6.07, 6.45) is 4.54. The van der Waals surface area contributed by atoms with E-state index in [2.05, 4.69) is 30.5 Å². The summed E-state index contributed by atoms with van der Waals surface area (Å²) in [5.74, 6) is 0.506. The summed E-state index contributed by atoms with van der Waals surface area (Å²) in [5, 5.41) is 10.9. The molecule has 0 spiro atoms. The number of nitrogens with zero attached hydrogens (tertiary/aromatic N) is 5. The predicted molar refractivity (Wildman–Crippen MR) is 120 cm³/mol. The van der Waals surface area contributed by atoms with Gasteiger partial charge in [0.1, 0.15) is 29.4 Å². The summed E-state index contributed by atoms with van der Waals surface area (Å²) in [6, 6.07) is 4.23. The first kappa shape index (κ1) is 20.4. The van der Waals surface area contributed by atoms with E-state index < -0.39 is 17.4 Å². The zero-order valence-corrected chi connectivity index (χ0v) is 18.0. The van der Waals surface area contributed by atoms with Crippen LogP contribution in [0.15, 0.2) is 41.7 Å². The number of H-pyrrole nitrogens is 2. The molecule has 4 heterocycles. The number of halogens is 3. The number of anilines is 1. The third-order valence-electron chi connectivity index (χ3n) is 5.13. The van der Waals surface area contributed by atoms with Crippen LogP contribution in [0.1, 0.15) is 25.2 Å². The van der Waals surface area contributed by atoms with Gasteiger partial charge in [-0.15, -0.1) is 0 Å². The van der Waals surface area contributed by atoms with Crippen LogP contribution < -0.4 is 10.9 Å². The van der Waals surface area contributed by atoms with Gasteiger partial charge in [0.05, 0.1) is 38.6 Å². The van der Waals surface area contributed by atoms with Crippen molar-refractivity contribution in [1.29, 1.82) is 0 Å². The lowest BCUT2D eigenvalue weighted by molar-refractivity contribution is 0.636. The lowest BCUT2D eigenvalue weighted by Crippen LogP contribution is -2.29. The highest BCUT2D eigenvalue weighted by Crippen LogP contribution is 2.31. The topological polar surface area (TPSA) is 117 Å². The van der Waals surface area contributed by atoms with Crippen molar-refractivity contribution in [3.63, 3.8) is 0 Å². The van der Waals surface area contributed by atoms with E-state index in [9.17, 15) is 9.18 Å². The summed E-state index contributed by atoms with van der Waals surface area (Å²) in [6.45, 7) is 1.90. The van der Waals surface area contributed by atoms with E-state index >= 15 is 0 Å². The summed E-state index contributed by atoms with van der Waals surface area (Å²) < 4.78 is 15.7. The molecule has 1 aromatic carbocycles. The highest BCUT2D eigenvalue weighted by molar-refractivity contribution is 6.39. The van der Waals surface area contributed by atoms with Crippen LogP contribution in [0.5, 0.6) is 0 Å². The van der Waals surface area contributed by atoms with Crippen molar-refractivity contribution < 1.29 is 4.39 Å². The van der Waals surface area contributed by atoms with Gasteiger partial charge in [0.15, 0.2) is 5.82 Å². The summed E-state index contributed by atoms with van der Waals surface area (Å²) in [4.78, 5) is 29.2. The van der Waals surface area contributed by atoms with E-state index in [1.165, 1.54) is 23.3 Å². The number of nitrogens with one attached hydrogen (secondary N) is 3. The van der Waals surface area contributed by atoms with Crippen LogP contribution in [-0.4, -0.2) is 34.7 Å². The van der Waals surface area contributed by atoms with Gasteiger partial charge in [0.2, 0.25) is 0 Å². The molecule has 162 valence electrons. The van der Waals surface area contributed by atoms with E-state index in [4.69, 9.17) is 28.2 Å². The Kier molecular flexibility index (Phi) is 5.03. The van der Waals surface area contributed by atoms with Crippen molar-refractivity contribution in [3.8, 4) is 5.82 Å². The Morgan fingerprint density at radius 2 is 2.00 bits per heavy atom. The summed E-state index contributed by atoms with van der Waals surface area (Å²) in [7, 11) is 0. The second-order valence-corrected chi connectivity index (χ2v) is 7.81. The molecule has 0 amide bonds. The standard InChI is InChI=1S/C20H15Cl2FN8O/c1-2-12(28-18-15-11(23)7-24-17(15)25-8-26-18)19-29-16-10(22)4-3-9(21)14(16)20(32)31(19)13-5-6-27-30-13/h3-8,12H,2H2,1H3,(H,27,30)(H2,24,25,26,28). The Hall–Kier alpha value is -3.50. The molecule has 1 unspecified atom stereocenters. The number of hydrogen-bond acceptors (Lipinski definition) is 6. The van der Waals surface area contributed by atoms with Crippen LogP contribution in [0.25, 0.3) is 27.8 Å². The maximum atomic E-state index is 14.4. The number of benzene rings is 1. The molecule has 9 nitrogen and oxygen atoms in total. The molecule has 1 atom stereocenters. The third kappa shape index (κ3) is 3.19. The maximum Gasteiger partial charge on any atom is 0.268 e. The molecular formula is C20H15Cl2FN8O. The second kappa shape index (κ2) is 7.88. The molecule has 32 heavy (non-hydrogen) atoms. The zero-order valence-electron chi connectivity index (χ0n) is 16.5. The van der Waals surface area contributed by atoms with Crippen molar-refractivity contribution in [2.75, 3.05) is 5.32 Å². The van der Waals surface area contributed by atoms with Crippen LogP contribution in [0.2, 0.25) is 10.0 Å². The third-order valence-corrected chi connectivity index (χ3v) is 5.75. The normalized spacial score (nSPS) is 12.5. The molecular weight excluding hydrogens is 458 g/mol. The molecule has 0 aliphatic carbocycles. The highest BCUT2D eigenvalue weighted by Gasteiger charge is 2.24. The first-order valence-corrected chi connectivity index (χ1v) is 10.4. The van der Waals surface area contributed by atoms with Gasteiger partial charge in [-0.1, -0.05) is 30.1 Å². The number of rotatable bonds is 5. The Bertz CT molecular complexity index is 1510. The van der Waals surface area contributed by atoms with Crippen molar-refractivity contribution >= 4 is 51.0 Å². The number of hydrogen-bond donors (Lipinski definition) is 3. The molecule has 5 aromatic rings. The van der Waals surface area contributed by atoms with Crippen molar-refractivity contribution in [3.05, 3.63) is 69.0 Å². The summed E-state index contributed by atoms with van der Waals surface area (Å²) in [5.41, 5.74) is 0.209. The van der Waals surface area contributed by atoms with Gasteiger partial charge in [-0.25, -0.2) is 23.9 Å². The van der Waals surface area contributed by atoms with E-state index in [1.54, 1.807) is 18.2 Å². The van der Waals surface area contributed by atoms with Crippen molar-refractivity contribution in [2.24, 2.45) is 0 Å².